The normalized spacial score (nSPS) is 16.9. The monoisotopic (exact) mass is 469 g/mol. The second-order valence-corrected chi connectivity index (χ2v) is 9.54. The summed E-state index contributed by atoms with van der Waals surface area (Å²) in [6.45, 7) is 6.09. The van der Waals surface area contributed by atoms with Crippen molar-refractivity contribution in [2.45, 2.75) is 61.7 Å². The average Bonchev–Trinajstić information content (AvgIpc) is 2.56. The third kappa shape index (κ3) is 9.35. The first-order valence-electron chi connectivity index (χ1n) is 9.43. The van der Waals surface area contributed by atoms with Gasteiger partial charge in [-0.2, -0.15) is 42.5 Å². The SMILES string of the molecule is CC(S)CCOCC(OCCC(C)S)(OCCC(C)S)n1c(=O)[nH]c(=O)[nH]c1=O. The largest absolute Gasteiger partial charge is 0.374 e. The van der Waals surface area contributed by atoms with Crippen molar-refractivity contribution in [3.63, 3.8) is 0 Å². The van der Waals surface area contributed by atoms with Gasteiger partial charge in [-0.3, -0.25) is 9.97 Å². The number of H-pyrrole nitrogens is 2. The molecule has 1 aromatic rings. The van der Waals surface area contributed by atoms with E-state index < -0.39 is 23.0 Å². The van der Waals surface area contributed by atoms with Crippen molar-refractivity contribution in [2.24, 2.45) is 0 Å². The zero-order valence-corrected chi connectivity index (χ0v) is 19.6. The van der Waals surface area contributed by atoms with E-state index in [-0.39, 0.29) is 35.6 Å². The van der Waals surface area contributed by atoms with Gasteiger partial charge in [-0.1, -0.05) is 20.8 Å². The smallest absolute Gasteiger partial charge is 0.338 e. The fourth-order valence-electron chi connectivity index (χ4n) is 2.29. The lowest BCUT2D eigenvalue weighted by atomic mass is 10.3. The highest BCUT2D eigenvalue weighted by molar-refractivity contribution is 7.81. The standard InChI is InChI=1S/C17H31N3O6S3/c1-11(27)4-7-24-10-17(25-8-5-12(2)28,26-9-6-13(3)29)20-15(22)18-14(21)19-16(20)23/h11-13,27-29H,4-10H2,1-3H3,(H2,18,19,21,22,23). The van der Waals surface area contributed by atoms with E-state index in [1.165, 1.54) is 0 Å². The first-order chi connectivity index (χ1) is 13.6. The summed E-state index contributed by atoms with van der Waals surface area (Å²) in [6.07, 6.45) is 1.74. The summed E-state index contributed by atoms with van der Waals surface area (Å²) in [6, 6.07) is 0. The zero-order valence-electron chi connectivity index (χ0n) is 16.9. The Morgan fingerprint density at radius 1 is 0.828 bits per heavy atom. The fraction of sp³-hybridized carbons (Fsp3) is 0.824. The molecule has 0 aliphatic carbocycles. The second kappa shape index (κ2) is 12.9. The highest BCUT2D eigenvalue weighted by Crippen LogP contribution is 2.21. The molecule has 3 atom stereocenters. The third-order valence-corrected chi connectivity index (χ3v) is 4.65. The Morgan fingerprint density at radius 2 is 1.24 bits per heavy atom. The molecule has 0 radical (unpaired) electrons. The molecule has 0 spiro atoms. The van der Waals surface area contributed by atoms with Crippen LogP contribution < -0.4 is 17.1 Å². The summed E-state index contributed by atoms with van der Waals surface area (Å²) in [5.74, 6) is -1.85. The van der Waals surface area contributed by atoms with Crippen molar-refractivity contribution >= 4 is 37.9 Å². The molecule has 0 aromatic carbocycles. The summed E-state index contributed by atoms with van der Waals surface area (Å²) < 4.78 is 18.2. The van der Waals surface area contributed by atoms with Gasteiger partial charge in [-0.15, -0.1) is 0 Å². The molecule has 3 unspecified atom stereocenters. The maximum atomic E-state index is 12.5. The van der Waals surface area contributed by atoms with Gasteiger partial charge in [0.15, 0.2) is 0 Å². The van der Waals surface area contributed by atoms with Gasteiger partial charge in [0.2, 0.25) is 0 Å². The Morgan fingerprint density at radius 3 is 1.66 bits per heavy atom. The molecule has 1 heterocycles. The van der Waals surface area contributed by atoms with Gasteiger partial charge in [0, 0.05) is 22.4 Å². The number of aromatic amines is 2. The number of nitrogens with zero attached hydrogens (tertiary/aromatic N) is 1. The topological polar surface area (TPSA) is 115 Å². The molecule has 2 N–H and O–H groups in total. The molecule has 0 bridgehead atoms. The average molecular weight is 470 g/mol. The molecule has 0 fully saturated rings. The third-order valence-electron chi connectivity index (χ3n) is 3.88. The molecule has 9 nitrogen and oxygen atoms in total. The van der Waals surface area contributed by atoms with Crippen LogP contribution in [0.1, 0.15) is 40.0 Å². The second-order valence-electron chi connectivity index (χ2n) is 6.90. The molecule has 0 aliphatic heterocycles. The summed E-state index contributed by atoms with van der Waals surface area (Å²) in [5, 5.41) is 0.170. The van der Waals surface area contributed by atoms with Gasteiger partial charge in [0.05, 0.1) is 13.2 Å². The Bertz CT molecular complexity index is 726. The number of rotatable bonds is 14. The van der Waals surface area contributed by atoms with Crippen molar-refractivity contribution in [1.82, 2.24) is 14.5 Å². The van der Waals surface area contributed by atoms with E-state index in [1.807, 2.05) is 30.7 Å². The van der Waals surface area contributed by atoms with E-state index in [0.29, 0.717) is 30.4 Å². The van der Waals surface area contributed by atoms with Gasteiger partial charge >= 0.3 is 17.1 Å². The van der Waals surface area contributed by atoms with Gasteiger partial charge in [-0.05, 0) is 19.3 Å². The molecule has 0 aliphatic rings. The maximum absolute atomic E-state index is 12.5. The minimum Gasteiger partial charge on any atom is -0.374 e. The predicted octanol–water partition coefficient (Wildman–Crippen LogP) is 1.01. The van der Waals surface area contributed by atoms with Crippen LogP contribution in [0.2, 0.25) is 0 Å². The van der Waals surface area contributed by atoms with Crippen LogP contribution in [0.15, 0.2) is 14.4 Å². The summed E-state index contributed by atoms with van der Waals surface area (Å²) >= 11 is 12.9. The number of ether oxygens (including phenoxy) is 3. The van der Waals surface area contributed by atoms with Crippen LogP contribution in [0.3, 0.4) is 0 Å². The first kappa shape index (κ1) is 26.4. The van der Waals surface area contributed by atoms with E-state index in [2.05, 4.69) is 37.9 Å². The van der Waals surface area contributed by atoms with E-state index >= 15 is 0 Å². The molecular formula is C17H31N3O6S3. The number of thiol groups is 3. The lowest BCUT2D eigenvalue weighted by Crippen LogP contribution is -2.58. The molecule has 12 heteroatoms. The molecule has 168 valence electrons. The van der Waals surface area contributed by atoms with Crippen LogP contribution in [0.4, 0.5) is 0 Å². The molecule has 29 heavy (non-hydrogen) atoms. The fourth-order valence-corrected chi connectivity index (χ4v) is 2.61. The quantitative estimate of drug-likeness (QED) is 0.158. The number of hydrogen-bond acceptors (Lipinski definition) is 9. The zero-order chi connectivity index (χ0) is 22.0. The van der Waals surface area contributed by atoms with E-state index in [9.17, 15) is 14.4 Å². The molecule has 0 saturated heterocycles. The van der Waals surface area contributed by atoms with E-state index in [1.54, 1.807) is 0 Å². The summed E-state index contributed by atoms with van der Waals surface area (Å²) in [5.41, 5.74) is -2.83. The molecule has 1 rings (SSSR count). The van der Waals surface area contributed by atoms with Crippen LogP contribution in [-0.2, 0) is 20.1 Å². The summed E-state index contributed by atoms with van der Waals surface area (Å²) in [7, 11) is 0. The lowest BCUT2D eigenvalue weighted by Gasteiger charge is -2.34. The first-order valence-corrected chi connectivity index (χ1v) is 11.0. The predicted molar refractivity (Wildman–Crippen MR) is 122 cm³/mol. The van der Waals surface area contributed by atoms with Gasteiger partial charge < -0.3 is 14.2 Å². The molecule has 0 amide bonds. The highest BCUT2D eigenvalue weighted by atomic mass is 32.1. The molecular weight excluding hydrogens is 438 g/mol. The van der Waals surface area contributed by atoms with Crippen molar-refractivity contribution in [1.29, 1.82) is 0 Å². The Balaban J connectivity index is 3.28. The van der Waals surface area contributed by atoms with Crippen molar-refractivity contribution in [2.75, 3.05) is 26.4 Å². The number of aromatic nitrogens is 3. The molecule has 0 saturated carbocycles. The highest BCUT2D eigenvalue weighted by Gasteiger charge is 2.39. The van der Waals surface area contributed by atoms with Crippen molar-refractivity contribution < 1.29 is 14.2 Å². The Hall–Kier alpha value is -0.660. The van der Waals surface area contributed by atoms with Crippen LogP contribution in [-0.4, -0.2) is 56.7 Å². The number of nitrogens with one attached hydrogen (secondary N) is 2. The minimum absolute atomic E-state index is 0.0294. The van der Waals surface area contributed by atoms with E-state index in [4.69, 9.17) is 14.2 Å². The van der Waals surface area contributed by atoms with Crippen molar-refractivity contribution in [3.8, 4) is 0 Å². The van der Waals surface area contributed by atoms with Crippen LogP contribution >= 0.6 is 37.9 Å². The van der Waals surface area contributed by atoms with Crippen LogP contribution in [0.25, 0.3) is 0 Å². The minimum atomic E-state index is -1.85. The lowest BCUT2D eigenvalue weighted by molar-refractivity contribution is -0.320. The van der Waals surface area contributed by atoms with Gasteiger partial charge in [0.1, 0.15) is 6.61 Å². The Kier molecular flexibility index (Phi) is 11.7. The van der Waals surface area contributed by atoms with Crippen molar-refractivity contribution in [3.05, 3.63) is 31.5 Å². The number of hydrogen-bond donors (Lipinski definition) is 5. The van der Waals surface area contributed by atoms with Gasteiger partial charge in [-0.25, -0.2) is 14.4 Å². The van der Waals surface area contributed by atoms with Gasteiger partial charge in [0.25, 0.3) is 5.91 Å². The Labute approximate surface area is 186 Å². The molecule has 1 aromatic heterocycles. The van der Waals surface area contributed by atoms with E-state index in [0.717, 1.165) is 0 Å². The maximum Gasteiger partial charge on any atom is 0.338 e. The summed E-state index contributed by atoms with van der Waals surface area (Å²) in [4.78, 5) is 40.5. The van der Waals surface area contributed by atoms with Crippen LogP contribution in [0.5, 0.6) is 0 Å². The van der Waals surface area contributed by atoms with Crippen LogP contribution in [0, 0.1) is 0 Å².